The maximum absolute atomic E-state index is 4.89. The first-order valence-corrected chi connectivity index (χ1v) is 8.52. The predicted molar refractivity (Wildman–Crippen MR) is 86.3 cm³/mol. The highest BCUT2D eigenvalue weighted by Gasteiger charge is 2.33. The summed E-state index contributed by atoms with van der Waals surface area (Å²) >= 11 is 0. The van der Waals surface area contributed by atoms with Crippen LogP contribution >= 0.6 is 0 Å². The van der Waals surface area contributed by atoms with Gasteiger partial charge in [-0.2, -0.15) is 0 Å². The highest BCUT2D eigenvalue weighted by atomic mass is 15.1. The highest BCUT2D eigenvalue weighted by molar-refractivity contribution is 5.75. The predicted octanol–water partition coefficient (Wildman–Crippen LogP) is 3.38. The summed E-state index contributed by atoms with van der Waals surface area (Å²) < 4.78 is 2.40. The van der Waals surface area contributed by atoms with Crippen molar-refractivity contribution in [2.24, 2.45) is 11.8 Å². The Kier molecular flexibility index (Phi) is 3.46. The minimum Gasteiger partial charge on any atom is -0.328 e. The van der Waals surface area contributed by atoms with Gasteiger partial charge in [-0.3, -0.25) is 0 Å². The van der Waals surface area contributed by atoms with Gasteiger partial charge in [0, 0.05) is 19.0 Å². The van der Waals surface area contributed by atoms with E-state index in [0.717, 1.165) is 36.4 Å². The van der Waals surface area contributed by atoms with Crippen molar-refractivity contribution in [3.05, 3.63) is 30.1 Å². The Hall–Kier alpha value is -1.35. The second kappa shape index (κ2) is 5.45. The van der Waals surface area contributed by atoms with Crippen molar-refractivity contribution in [3.8, 4) is 0 Å². The Morgan fingerprint density at radius 2 is 1.95 bits per heavy atom. The van der Waals surface area contributed by atoms with Gasteiger partial charge in [-0.25, -0.2) is 4.98 Å². The van der Waals surface area contributed by atoms with Crippen molar-refractivity contribution < 1.29 is 0 Å². The van der Waals surface area contributed by atoms with Gasteiger partial charge in [-0.1, -0.05) is 12.1 Å². The van der Waals surface area contributed by atoms with Gasteiger partial charge < -0.3 is 9.88 Å². The monoisotopic (exact) mass is 283 g/mol. The molecule has 21 heavy (non-hydrogen) atoms. The van der Waals surface area contributed by atoms with Crippen LogP contribution < -0.4 is 5.32 Å². The molecule has 2 atom stereocenters. The molecular formula is C18H25N3. The number of para-hydroxylation sites is 2. The second-order valence-electron chi connectivity index (χ2n) is 6.75. The smallest absolute Gasteiger partial charge is 0.110 e. The van der Waals surface area contributed by atoms with E-state index in [4.69, 9.17) is 4.98 Å². The number of nitrogens with one attached hydrogen (secondary N) is 1. The second-order valence-corrected chi connectivity index (χ2v) is 6.75. The molecule has 1 heterocycles. The average molecular weight is 283 g/mol. The van der Waals surface area contributed by atoms with Crippen LogP contribution in [0.1, 0.15) is 38.4 Å². The van der Waals surface area contributed by atoms with Crippen LogP contribution in [-0.4, -0.2) is 22.1 Å². The van der Waals surface area contributed by atoms with Crippen LogP contribution in [0.15, 0.2) is 24.3 Å². The molecule has 0 spiro atoms. The highest BCUT2D eigenvalue weighted by Crippen LogP contribution is 2.37. The van der Waals surface area contributed by atoms with Gasteiger partial charge in [0.05, 0.1) is 11.0 Å². The van der Waals surface area contributed by atoms with Crippen LogP contribution in [0.2, 0.25) is 0 Å². The molecule has 1 N–H and O–H groups in total. The Bertz CT molecular complexity index is 626. The molecule has 2 fully saturated rings. The number of imidazole rings is 1. The maximum Gasteiger partial charge on any atom is 0.110 e. The number of fused-ring (bicyclic) bond motifs is 1. The molecular weight excluding hydrogens is 258 g/mol. The van der Waals surface area contributed by atoms with E-state index in [1.165, 1.54) is 43.6 Å². The number of hydrogen-bond acceptors (Lipinski definition) is 2. The summed E-state index contributed by atoms with van der Waals surface area (Å²) in [7, 11) is 0. The zero-order chi connectivity index (χ0) is 14.2. The molecule has 0 amide bonds. The standard InChI is InChI=1S/C18H25N3/c1-2-21-17-6-4-3-5-16(17)20-18(21)11-13-7-8-14(13)12-19-15-9-10-15/h3-6,13-15,19H,2,7-12H2,1H3. The summed E-state index contributed by atoms with van der Waals surface area (Å²) in [6, 6.07) is 9.38. The lowest BCUT2D eigenvalue weighted by Gasteiger charge is -2.37. The number of hydrogen-bond donors (Lipinski definition) is 1. The Balaban J connectivity index is 1.48. The van der Waals surface area contributed by atoms with Crippen LogP contribution in [0.5, 0.6) is 0 Å². The van der Waals surface area contributed by atoms with Crippen LogP contribution in [-0.2, 0) is 13.0 Å². The maximum atomic E-state index is 4.89. The van der Waals surface area contributed by atoms with Crippen LogP contribution in [0.3, 0.4) is 0 Å². The quantitative estimate of drug-likeness (QED) is 0.881. The molecule has 2 aromatic rings. The molecule has 4 rings (SSSR count). The molecule has 0 bridgehead atoms. The van der Waals surface area contributed by atoms with Crippen molar-refractivity contribution in [2.45, 2.75) is 51.6 Å². The Morgan fingerprint density at radius 3 is 2.67 bits per heavy atom. The molecule has 3 nitrogen and oxygen atoms in total. The Morgan fingerprint density at radius 1 is 1.14 bits per heavy atom. The van der Waals surface area contributed by atoms with Crippen molar-refractivity contribution in [1.82, 2.24) is 14.9 Å². The lowest BCUT2D eigenvalue weighted by Crippen LogP contribution is -2.37. The normalized spacial score (nSPS) is 25.2. The molecule has 2 aliphatic rings. The summed E-state index contributed by atoms with van der Waals surface area (Å²) in [4.78, 5) is 4.89. The lowest BCUT2D eigenvalue weighted by molar-refractivity contribution is 0.167. The number of benzene rings is 1. The van der Waals surface area contributed by atoms with E-state index < -0.39 is 0 Å². The zero-order valence-electron chi connectivity index (χ0n) is 12.9. The third-order valence-electron chi connectivity index (χ3n) is 5.32. The molecule has 2 unspecified atom stereocenters. The summed E-state index contributed by atoms with van der Waals surface area (Å²) in [5, 5.41) is 3.70. The summed E-state index contributed by atoms with van der Waals surface area (Å²) in [5.74, 6) is 2.99. The minimum atomic E-state index is 0.832. The molecule has 0 aliphatic heterocycles. The third kappa shape index (κ3) is 2.59. The van der Waals surface area contributed by atoms with Crippen molar-refractivity contribution in [1.29, 1.82) is 0 Å². The zero-order valence-corrected chi connectivity index (χ0v) is 12.9. The van der Waals surface area contributed by atoms with Gasteiger partial charge in [0.2, 0.25) is 0 Å². The van der Waals surface area contributed by atoms with E-state index in [0.29, 0.717) is 0 Å². The van der Waals surface area contributed by atoms with Crippen LogP contribution in [0.25, 0.3) is 11.0 Å². The molecule has 0 saturated heterocycles. The lowest BCUT2D eigenvalue weighted by atomic mass is 9.71. The number of nitrogens with zero attached hydrogens (tertiary/aromatic N) is 2. The Labute approximate surface area is 126 Å². The van der Waals surface area contributed by atoms with Crippen molar-refractivity contribution in [2.75, 3.05) is 6.54 Å². The van der Waals surface area contributed by atoms with E-state index in [1.54, 1.807) is 0 Å². The van der Waals surface area contributed by atoms with E-state index >= 15 is 0 Å². The number of aromatic nitrogens is 2. The SMILES string of the molecule is CCn1c(CC2CCC2CNC2CC2)nc2ccccc21. The first-order valence-electron chi connectivity index (χ1n) is 8.52. The van der Waals surface area contributed by atoms with Crippen LogP contribution in [0, 0.1) is 11.8 Å². The average Bonchev–Trinajstić information content (AvgIpc) is 3.23. The van der Waals surface area contributed by atoms with Gasteiger partial charge in [0.15, 0.2) is 0 Å². The van der Waals surface area contributed by atoms with E-state index in [1.807, 2.05) is 0 Å². The molecule has 3 heteroatoms. The molecule has 2 saturated carbocycles. The molecule has 1 aromatic heterocycles. The fraction of sp³-hybridized carbons (Fsp3) is 0.611. The van der Waals surface area contributed by atoms with Gasteiger partial charge in [0.25, 0.3) is 0 Å². The summed E-state index contributed by atoms with van der Waals surface area (Å²) in [5.41, 5.74) is 2.45. The fourth-order valence-corrected chi connectivity index (χ4v) is 3.65. The topological polar surface area (TPSA) is 29.9 Å². The molecule has 2 aliphatic carbocycles. The number of rotatable bonds is 6. The van der Waals surface area contributed by atoms with Gasteiger partial charge >= 0.3 is 0 Å². The van der Waals surface area contributed by atoms with Crippen LogP contribution in [0.4, 0.5) is 0 Å². The molecule has 0 radical (unpaired) electrons. The van der Waals surface area contributed by atoms with Crippen molar-refractivity contribution in [3.63, 3.8) is 0 Å². The molecule has 1 aromatic carbocycles. The molecule has 112 valence electrons. The fourth-order valence-electron chi connectivity index (χ4n) is 3.65. The summed E-state index contributed by atoms with van der Waals surface area (Å²) in [6.45, 7) is 4.47. The van der Waals surface area contributed by atoms with Gasteiger partial charge in [-0.05, 0) is 63.1 Å². The van der Waals surface area contributed by atoms with E-state index in [2.05, 4.69) is 41.1 Å². The first kappa shape index (κ1) is 13.3. The van der Waals surface area contributed by atoms with Gasteiger partial charge in [-0.15, -0.1) is 0 Å². The van der Waals surface area contributed by atoms with Crippen molar-refractivity contribution >= 4 is 11.0 Å². The summed E-state index contributed by atoms with van der Waals surface area (Å²) in [6.07, 6.45) is 6.71. The van der Waals surface area contributed by atoms with E-state index in [-0.39, 0.29) is 0 Å². The van der Waals surface area contributed by atoms with Gasteiger partial charge in [0.1, 0.15) is 5.82 Å². The number of aryl methyl sites for hydroxylation is 1. The third-order valence-corrected chi connectivity index (χ3v) is 5.32. The minimum absolute atomic E-state index is 0.832. The van der Waals surface area contributed by atoms with E-state index in [9.17, 15) is 0 Å². The largest absolute Gasteiger partial charge is 0.328 e. The first-order chi connectivity index (χ1) is 10.3.